The summed E-state index contributed by atoms with van der Waals surface area (Å²) >= 11 is 1.64. The van der Waals surface area contributed by atoms with Crippen LogP contribution in [0.5, 0.6) is 0 Å². The van der Waals surface area contributed by atoms with Crippen molar-refractivity contribution in [3.63, 3.8) is 0 Å². The first-order valence-electron chi connectivity index (χ1n) is 2.96. The van der Waals surface area contributed by atoms with Crippen molar-refractivity contribution in [1.82, 2.24) is 4.98 Å². The van der Waals surface area contributed by atoms with E-state index in [4.69, 9.17) is 5.11 Å². The highest BCUT2D eigenvalue weighted by Crippen LogP contribution is 2.12. The van der Waals surface area contributed by atoms with Crippen LogP contribution in [-0.4, -0.2) is 16.3 Å². The molecule has 0 aliphatic rings. The Bertz CT molecular complexity index is 174. The van der Waals surface area contributed by atoms with E-state index in [0.29, 0.717) is 0 Å². The van der Waals surface area contributed by atoms with Crippen LogP contribution in [0.3, 0.4) is 0 Å². The van der Waals surface area contributed by atoms with Gasteiger partial charge in [-0.05, 0) is 18.4 Å². The fourth-order valence-electron chi connectivity index (χ4n) is 0.625. The molecule has 3 heteroatoms. The van der Waals surface area contributed by atoms with Gasteiger partial charge in [0, 0.05) is 11.1 Å². The molecule has 1 rings (SSSR count). The molecule has 0 aliphatic heterocycles. The zero-order valence-corrected chi connectivity index (χ0v) is 6.56. The minimum absolute atomic E-state index is 0.0225. The quantitative estimate of drug-likeness (QED) is 0.653. The van der Waals surface area contributed by atoms with Crippen molar-refractivity contribution in [2.24, 2.45) is 0 Å². The van der Waals surface area contributed by atoms with E-state index in [2.05, 4.69) is 4.98 Å². The highest BCUT2D eigenvalue weighted by Gasteiger charge is 1.90. The maximum Gasteiger partial charge on any atom is 0.0852 e. The largest absolute Gasteiger partial charge is 0.390 e. The highest BCUT2D eigenvalue weighted by atomic mass is 32.2. The number of aromatic nitrogens is 1. The van der Waals surface area contributed by atoms with Gasteiger partial charge in [0.05, 0.1) is 12.3 Å². The van der Waals surface area contributed by atoms with E-state index in [9.17, 15) is 0 Å². The maximum absolute atomic E-state index is 8.63. The molecular weight excluding hydrogens is 146 g/mol. The molecule has 0 atom stereocenters. The molecule has 0 aliphatic carbocycles. The van der Waals surface area contributed by atoms with Crippen LogP contribution in [0.1, 0.15) is 5.69 Å². The van der Waals surface area contributed by atoms with Crippen LogP contribution in [0.25, 0.3) is 0 Å². The summed E-state index contributed by atoms with van der Waals surface area (Å²) in [5.41, 5.74) is 0.720. The number of pyridine rings is 1. The summed E-state index contributed by atoms with van der Waals surface area (Å²) in [5.74, 6) is 0. The molecule has 0 aromatic carbocycles. The second-order valence-electron chi connectivity index (χ2n) is 1.85. The second-order valence-corrected chi connectivity index (χ2v) is 2.73. The van der Waals surface area contributed by atoms with Crippen molar-refractivity contribution in [3.8, 4) is 0 Å². The topological polar surface area (TPSA) is 33.1 Å². The summed E-state index contributed by atoms with van der Waals surface area (Å²) in [6.45, 7) is 0.0225. The Hall–Kier alpha value is -0.540. The average molecular weight is 155 g/mol. The Balaban J connectivity index is 2.80. The molecule has 0 radical (unpaired) electrons. The van der Waals surface area contributed by atoms with Crippen molar-refractivity contribution in [3.05, 3.63) is 24.0 Å². The van der Waals surface area contributed by atoms with E-state index in [1.54, 1.807) is 18.0 Å². The minimum Gasteiger partial charge on any atom is -0.390 e. The van der Waals surface area contributed by atoms with Crippen LogP contribution in [0, 0.1) is 0 Å². The molecule has 0 amide bonds. The molecule has 54 valence electrons. The van der Waals surface area contributed by atoms with E-state index < -0.39 is 0 Å². The minimum atomic E-state index is 0.0225. The average Bonchev–Trinajstić information content (AvgIpc) is 2.05. The van der Waals surface area contributed by atoms with E-state index in [1.807, 2.05) is 18.4 Å². The first-order valence-corrected chi connectivity index (χ1v) is 4.19. The van der Waals surface area contributed by atoms with E-state index >= 15 is 0 Å². The Morgan fingerprint density at radius 2 is 2.40 bits per heavy atom. The van der Waals surface area contributed by atoms with Crippen LogP contribution in [-0.2, 0) is 6.61 Å². The number of thioether (sulfide) groups is 1. The zero-order valence-electron chi connectivity index (χ0n) is 5.74. The van der Waals surface area contributed by atoms with Gasteiger partial charge >= 0.3 is 0 Å². The highest BCUT2D eigenvalue weighted by molar-refractivity contribution is 7.98. The lowest BCUT2D eigenvalue weighted by molar-refractivity contribution is 0.276. The van der Waals surface area contributed by atoms with Gasteiger partial charge in [-0.1, -0.05) is 0 Å². The van der Waals surface area contributed by atoms with Gasteiger partial charge in [-0.15, -0.1) is 11.8 Å². The molecule has 2 nitrogen and oxygen atoms in total. The van der Waals surface area contributed by atoms with Gasteiger partial charge < -0.3 is 5.11 Å². The SMILES string of the molecule is CSc1ccc(CO)nc1. The molecule has 1 aromatic rings. The lowest BCUT2D eigenvalue weighted by atomic mass is 10.4. The van der Waals surface area contributed by atoms with Gasteiger partial charge in [0.25, 0.3) is 0 Å². The third-order valence-corrected chi connectivity index (χ3v) is 1.91. The number of nitrogens with zero attached hydrogens (tertiary/aromatic N) is 1. The van der Waals surface area contributed by atoms with Crippen LogP contribution in [0.2, 0.25) is 0 Å². The third kappa shape index (κ3) is 1.72. The van der Waals surface area contributed by atoms with Gasteiger partial charge in [-0.25, -0.2) is 0 Å². The monoisotopic (exact) mass is 155 g/mol. The summed E-state index contributed by atoms with van der Waals surface area (Å²) in [4.78, 5) is 5.12. The number of hydrogen-bond acceptors (Lipinski definition) is 3. The summed E-state index contributed by atoms with van der Waals surface area (Å²) in [5, 5.41) is 8.63. The Kier molecular flexibility index (Phi) is 2.71. The number of aliphatic hydroxyl groups excluding tert-OH is 1. The summed E-state index contributed by atoms with van der Waals surface area (Å²) in [6.07, 6.45) is 3.76. The molecule has 0 fully saturated rings. The molecule has 1 heterocycles. The summed E-state index contributed by atoms with van der Waals surface area (Å²) in [7, 11) is 0. The van der Waals surface area contributed by atoms with Gasteiger partial charge in [0.1, 0.15) is 0 Å². The van der Waals surface area contributed by atoms with Gasteiger partial charge in [-0.3, -0.25) is 4.98 Å². The van der Waals surface area contributed by atoms with Crippen molar-refractivity contribution < 1.29 is 5.11 Å². The van der Waals surface area contributed by atoms with Crippen LogP contribution in [0.4, 0.5) is 0 Å². The van der Waals surface area contributed by atoms with Crippen molar-refractivity contribution >= 4 is 11.8 Å². The maximum atomic E-state index is 8.63. The first-order chi connectivity index (χ1) is 4.86. The predicted octanol–water partition coefficient (Wildman–Crippen LogP) is 1.30. The molecule has 1 aromatic heterocycles. The van der Waals surface area contributed by atoms with Crippen LogP contribution in [0.15, 0.2) is 23.2 Å². The van der Waals surface area contributed by atoms with Gasteiger partial charge in [0.2, 0.25) is 0 Å². The number of hydrogen-bond donors (Lipinski definition) is 1. The second kappa shape index (κ2) is 3.58. The third-order valence-electron chi connectivity index (χ3n) is 1.20. The zero-order chi connectivity index (χ0) is 7.40. The van der Waals surface area contributed by atoms with Gasteiger partial charge in [0.15, 0.2) is 0 Å². The van der Waals surface area contributed by atoms with Gasteiger partial charge in [-0.2, -0.15) is 0 Å². The Labute approximate surface area is 64.3 Å². The van der Waals surface area contributed by atoms with E-state index in [1.165, 1.54) is 0 Å². The Morgan fingerprint density at radius 3 is 2.80 bits per heavy atom. The fraction of sp³-hybridized carbons (Fsp3) is 0.286. The van der Waals surface area contributed by atoms with Crippen molar-refractivity contribution in [2.75, 3.05) is 6.26 Å². The van der Waals surface area contributed by atoms with Crippen LogP contribution >= 0.6 is 11.8 Å². The number of rotatable bonds is 2. The normalized spacial score (nSPS) is 9.80. The van der Waals surface area contributed by atoms with Crippen molar-refractivity contribution in [1.29, 1.82) is 0 Å². The van der Waals surface area contributed by atoms with E-state index in [-0.39, 0.29) is 6.61 Å². The van der Waals surface area contributed by atoms with Crippen molar-refractivity contribution in [2.45, 2.75) is 11.5 Å². The summed E-state index contributed by atoms with van der Waals surface area (Å²) in [6, 6.07) is 3.77. The molecule has 0 bridgehead atoms. The Morgan fingerprint density at radius 1 is 1.60 bits per heavy atom. The molecule has 0 saturated carbocycles. The summed E-state index contributed by atoms with van der Waals surface area (Å²) < 4.78 is 0. The standard InChI is InChI=1S/C7H9NOS/c1-10-7-3-2-6(5-9)8-4-7/h2-4,9H,5H2,1H3. The molecule has 0 unspecified atom stereocenters. The smallest absolute Gasteiger partial charge is 0.0852 e. The molecule has 10 heavy (non-hydrogen) atoms. The lowest BCUT2D eigenvalue weighted by Crippen LogP contribution is -1.86. The molecule has 0 spiro atoms. The predicted molar refractivity (Wildman–Crippen MR) is 41.9 cm³/mol. The molecule has 0 saturated heterocycles. The van der Waals surface area contributed by atoms with E-state index in [0.717, 1.165) is 10.6 Å². The lowest BCUT2D eigenvalue weighted by Gasteiger charge is -1.95. The fourth-order valence-corrected chi connectivity index (χ4v) is 0.987. The molecular formula is C7H9NOS. The number of aliphatic hydroxyl groups is 1. The van der Waals surface area contributed by atoms with Crippen LogP contribution < -0.4 is 0 Å². The first kappa shape index (κ1) is 7.57. The molecule has 1 N–H and O–H groups in total.